The van der Waals surface area contributed by atoms with Crippen molar-refractivity contribution >= 4 is 0 Å². The molecular weight excluding hydrogens is 214 g/mol. The maximum atomic E-state index is 9.76. The Morgan fingerprint density at radius 1 is 1.29 bits per heavy atom. The zero-order valence-corrected chi connectivity index (χ0v) is 10.2. The van der Waals surface area contributed by atoms with Gasteiger partial charge in [0.1, 0.15) is 11.9 Å². The number of hydrogen-bond acceptors (Lipinski definition) is 3. The molecule has 0 aromatic heterocycles. The number of aryl methyl sites for hydroxylation is 2. The minimum absolute atomic E-state index is 0.0969. The van der Waals surface area contributed by atoms with Gasteiger partial charge in [-0.3, -0.25) is 0 Å². The highest BCUT2D eigenvalue weighted by Gasteiger charge is 2.27. The van der Waals surface area contributed by atoms with Gasteiger partial charge in [0.25, 0.3) is 0 Å². The van der Waals surface area contributed by atoms with Crippen molar-refractivity contribution in [2.75, 3.05) is 0 Å². The summed E-state index contributed by atoms with van der Waals surface area (Å²) < 4.78 is 5.89. The average molecular weight is 231 g/mol. The van der Waals surface area contributed by atoms with E-state index in [0.29, 0.717) is 5.56 Å². The third-order valence-corrected chi connectivity index (χ3v) is 3.28. The summed E-state index contributed by atoms with van der Waals surface area (Å²) in [5.41, 5.74) is 2.57. The second-order valence-electron chi connectivity index (χ2n) is 4.71. The number of nitriles is 1. The van der Waals surface area contributed by atoms with Crippen LogP contribution in [-0.4, -0.2) is 17.3 Å². The van der Waals surface area contributed by atoms with Crippen molar-refractivity contribution in [1.82, 2.24) is 0 Å². The van der Waals surface area contributed by atoms with Crippen LogP contribution in [0.3, 0.4) is 0 Å². The fourth-order valence-corrected chi connectivity index (χ4v) is 2.40. The van der Waals surface area contributed by atoms with Crippen molar-refractivity contribution in [3.63, 3.8) is 0 Å². The quantitative estimate of drug-likeness (QED) is 0.850. The summed E-state index contributed by atoms with van der Waals surface area (Å²) in [6.45, 7) is 3.87. The van der Waals surface area contributed by atoms with Crippen molar-refractivity contribution in [1.29, 1.82) is 5.26 Å². The molecule has 17 heavy (non-hydrogen) atoms. The Morgan fingerprint density at radius 3 is 2.41 bits per heavy atom. The molecule has 0 unspecified atom stereocenters. The van der Waals surface area contributed by atoms with E-state index in [4.69, 9.17) is 10.00 Å². The van der Waals surface area contributed by atoms with E-state index in [-0.39, 0.29) is 12.2 Å². The molecule has 1 saturated carbocycles. The van der Waals surface area contributed by atoms with Crippen molar-refractivity contribution < 1.29 is 9.84 Å². The predicted octanol–water partition coefficient (Wildman–Crippen LogP) is 2.47. The summed E-state index contributed by atoms with van der Waals surface area (Å²) in [7, 11) is 0. The van der Waals surface area contributed by atoms with E-state index in [1.54, 1.807) is 0 Å². The molecule has 0 heterocycles. The Hall–Kier alpha value is -1.53. The summed E-state index contributed by atoms with van der Waals surface area (Å²) in [5, 5.41) is 18.6. The monoisotopic (exact) mass is 231 g/mol. The van der Waals surface area contributed by atoms with Gasteiger partial charge in [-0.05, 0) is 56.4 Å². The van der Waals surface area contributed by atoms with E-state index in [1.807, 2.05) is 26.0 Å². The van der Waals surface area contributed by atoms with E-state index in [9.17, 15) is 5.11 Å². The number of aliphatic hydroxyl groups is 1. The Balaban J connectivity index is 2.24. The fourth-order valence-electron chi connectivity index (χ4n) is 2.40. The average Bonchev–Trinajstić information content (AvgIpc) is 2.69. The molecule has 0 aliphatic heterocycles. The first kappa shape index (κ1) is 11.9. The third kappa shape index (κ3) is 2.42. The van der Waals surface area contributed by atoms with Gasteiger partial charge in [-0.2, -0.15) is 5.26 Å². The Labute approximate surface area is 102 Å². The molecule has 0 radical (unpaired) electrons. The van der Waals surface area contributed by atoms with Crippen LogP contribution in [0.25, 0.3) is 0 Å². The van der Waals surface area contributed by atoms with Gasteiger partial charge in [-0.15, -0.1) is 0 Å². The molecule has 2 atom stereocenters. The molecule has 0 amide bonds. The van der Waals surface area contributed by atoms with Crippen LogP contribution in [-0.2, 0) is 0 Å². The molecular formula is C14H17NO2. The van der Waals surface area contributed by atoms with Crippen LogP contribution in [0.4, 0.5) is 0 Å². The molecule has 1 aliphatic rings. The first-order valence-corrected chi connectivity index (χ1v) is 5.98. The van der Waals surface area contributed by atoms with Crippen molar-refractivity contribution in [2.24, 2.45) is 0 Å². The van der Waals surface area contributed by atoms with Gasteiger partial charge in [-0.1, -0.05) is 0 Å². The Kier molecular flexibility index (Phi) is 3.35. The van der Waals surface area contributed by atoms with Gasteiger partial charge in [0.2, 0.25) is 0 Å². The summed E-state index contributed by atoms with van der Waals surface area (Å²) >= 11 is 0. The molecule has 3 heteroatoms. The van der Waals surface area contributed by atoms with Crippen molar-refractivity contribution in [2.45, 2.75) is 45.3 Å². The third-order valence-electron chi connectivity index (χ3n) is 3.28. The minimum Gasteiger partial charge on any atom is -0.487 e. The molecule has 1 aliphatic carbocycles. The number of hydrogen-bond donors (Lipinski definition) is 1. The number of benzene rings is 1. The molecule has 2 rings (SSSR count). The van der Waals surface area contributed by atoms with Crippen LogP contribution >= 0.6 is 0 Å². The van der Waals surface area contributed by atoms with E-state index in [1.165, 1.54) is 0 Å². The highest BCUT2D eigenvalue weighted by Crippen LogP contribution is 2.30. The molecule has 0 spiro atoms. The van der Waals surface area contributed by atoms with Crippen molar-refractivity contribution in [3.8, 4) is 11.8 Å². The van der Waals surface area contributed by atoms with Crippen LogP contribution in [0.15, 0.2) is 12.1 Å². The molecule has 1 aromatic rings. The van der Waals surface area contributed by atoms with Gasteiger partial charge in [0.05, 0.1) is 17.7 Å². The van der Waals surface area contributed by atoms with Crippen LogP contribution in [0.2, 0.25) is 0 Å². The second-order valence-corrected chi connectivity index (χ2v) is 4.71. The molecule has 90 valence electrons. The SMILES string of the molecule is Cc1cc(C#N)cc(C)c1O[C@@H]1CCC[C@H]1O. The Bertz CT molecular complexity index is 439. The van der Waals surface area contributed by atoms with Crippen LogP contribution in [0, 0.1) is 25.2 Å². The van der Waals surface area contributed by atoms with Gasteiger partial charge < -0.3 is 9.84 Å². The van der Waals surface area contributed by atoms with Crippen molar-refractivity contribution in [3.05, 3.63) is 28.8 Å². The fraction of sp³-hybridized carbons (Fsp3) is 0.500. The smallest absolute Gasteiger partial charge is 0.125 e. The maximum absolute atomic E-state index is 9.76. The van der Waals surface area contributed by atoms with Crippen LogP contribution in [0.1, 0.15) is 36.0 Å². The predicted molar refractivity (Wildman–Crippen MR) is 64.9 cm³/mol. The lowest BCUT2D eigenvalue weighted by Gasteiger charge is -2.20. The standard InChI is InChI=1S/C14H17NO2/c1-9-6-11(8-15)7-10(2)14(9)17-13-5-3-4-12(13)16/h6-7,12-13,16H,3-5H2,1-2H3/t12-,13-/m1/s1. The summed E-state index contributed by atoms with van der Waals surface area (Å²) in [6, 6.07) is 5.78. The number of ether oxygens (including phenoxy) is 1. The van der Waals surface area contributed by atoms with E-state index >= 15 is 0 Å². The first-order valence-electron chi connectivity index (χ1n) is 5.98. The molecule has 1 N–H and O–H groups in total. The first-order chi connectivity index (χ1) is 8.11. The largest absolute Gasteiger partial charge is 0.487 e. The van der Waals surface area contributed by atoms with E-state index in [2.05, 4.69) is 6.07 Å². The van der Waals surface area contributed by atoms with Gasteiger partial charge in [0, 0.05) is 0 Å². The van der Waals surface area contributed by atoms with Gasteiger partial charge >= 0.3 is 0 Å². The lowest BCUT2D eigenvalue weighted by molar-refractivity contribution is 0.0595. The van der Waals surface area contributed by atoms with Crippen LogP contribution in [0.5, 0.6) is 5.75 Å². The normalized spacial score (nSPS) is 23.4. The number of rotatable bonds is 2. The minimum atomic E-state index is -0.357. The van der Waals surface area contributed by atoms with E-state index < -0.39 is 0 Å². The lowest BCUT2D eigenvalue weighted by Crippen LogP contribution is -2.26. The summed E-state index contributed by atoms with van der Waals surface area (Å²) in [5.74, 6) is 0.815. The zero-order valence-electron chi connectivity index (χ0n) is 10.2. The molecule has 1 aromatic carbocycles. The summed E-state index contributed by atoms with van der Waals surface area (Å²) in [6.07, 6.45) is 2.28. The highest BCUT2D eigenvalue weighted by atomic mass is 16.5. The molecule has 0 bridgehead atoms. The zero-order chi connectivity index (χ0) is 12.4. The van der Waals surface area contributed by atoms with Gasteiger partial charge in [-0.25, -0.2) is 0 Å². The molecule has 3 nitrogen and oxygen atoms in total. The van der Waals surface area contributed by atoms with Crippen LogP contribution < -0.4 is 4.74 Å². The van der Waals surface area contributed by atoms with Gasteiger partial charge in [0.15, 0.2) is 0 Å². The number of nitrogens with zero attached hydrogens (tertiary/aromatic N) is 1. The topological polar surface area (TPSA) is 53.2 Å². The Morgan fingerprint density at radius 2 is 1.94 bits per heavy atom. The molecule has 1 fully saturated rings. The number of aliphatic hydroxyl groups excluding tert-OH is 1. The lowest BCUT2D eigenvalue weighted by atomic mass is 10.1. The second kappa shape index (κ2) is 4.77. The summed E-state index contributed by atoms with van der Waals surface area (Å²) in [4.78, 5) is 0. The maximum Gasteiger partial charge on any atom is 0.125 e. The van der Waals surface area contributed by atoms with E-state index in [0.717, 1.165) is 36.1 Å². The highest BCUT2D eigenvalue weighted by molar-refractivity contribution is 5.47. The molecule has 0 saturated heterocycles.